The monoisotopic (exact) mass is 314 g/mol. The number of hydrogen-bond donors (Lipinski definition) is 1. The summed E-state index contributed by atoms with van der Waals surface area (Å²) in [5.74, 6) is 0.0773. The SMILES string of the molecule is O=C(c1ccc(Cl)s1)N1CCN(C2CCCC2O)CC1. The number of halogens is 1. The maximum Gasteiger partial charge on any atom is 0.264 e. The Morgan fingerprint density at radius 2 is 2.00 bits per heavy atom. The molecule has 2 fully saturated rings. The van der Waals surface area contributed by atoms with Crippen LogP contribution in [-0.4, -0.2) is 59.1 Å². The molecule has 2 aliphatic rings. The van der Waals surface area contributed by atoms with E-state index in [1.165, 1.54) is 11.3 Å². The molecule has 2 heterocycles. The van der Waals surface area contributed by atoms with Gasteiger partial charge in [0.05, 0.1) is 15.3 Å². The second-order valence-electron chi connectivity index (χ2n) is 5.50. The normalized spacial score (nSPS) is 28.0. The fourth-order valence-electron chi connectivity index (χ4n) is 3.19. The van der Waals surface area contributed by atoms with Gasteiger partial charge in [0.25, 0.3) is 5.91 Å². The molecule has 1 saturated carbocycles. The molecule has 1 aromatic heterocycles. The molecule has 2 atom stereocenters. The molecular formula is C14H19ClN2O2S. The van der Waals surface area contributed by atoms with E-state index in [1.54, 1.807) is 12.1 Å². The van der Waals surface area contributed by atoms with Gasteiger partial charge in [0, 0.05) is 32.2 Å². The van der Waals surface area contributed by atoms with Gasteiger partial charge in [-0.3, -0.25) is 9.69 Å². The third-order valence-electron chi connectivity index (χ3n) is 4.30. The smallest absolute Gasteiger partial charge is 0.264 e. The maximum atomic E-state index is 12.3. The van der Waals surface area contributed by atoms with Crippen LogP contribution in [0.5, 0.6) is 0 Å². The van der Waals surface area contributed by atoms with Crippen molar-refractivity contribution in [1.82, 2.24) is 9.80 Å². The Morgan fingerprint density at radius 1 is 1.25 bits per heavy atom. The lowest BCUT2D eigenvalue weighted by Crippen LogP contribution is -2.53. The lowest BCUT2D eigenvalue weighted by molar-refractivity contribution is 0.0318. The number of piperazine rings is 1. The average molecular weight is 315 g/mol. The molecule has 2 unspecified atom stereocenters. The average Bonchev–Trinajstić information content (AvgIpc) is 3.07. The zero-order valence-electron chi connectivity index (χ0n) is 11.3. The first-order chi connectivity index (χ1) is 9.65. The number of nitrogens with zero attached hydrogens (tertiary/aromatic N) is 2. The van der Waals surface area contributed by atoms with Crippen LogP contribution in [0, 0.1) is 0 Å². The van der Waals surface area contributed by atoms with E-state index in [0.717, 1.165) is 45.4 Å². The zero-order valence-corrected chi connectivity index (χ0v) is 12.9. The molecule has 6 heteroatoms. The van der Waals surface area contributed by atoms with Crippen LogP contribution in [0.25, 0.3) is 0 Å². The minimum atomic E-state index is -0.187. The van der Waals surface area contributed by atoms with E-state index >= 15 is 0 Å². The summed E-state index contributed by atoms with van der Waals surface area (Å²) < 4.78 is 0.654. The summed E-state index contributed by atoms with van der Waals surface area (Å²) >= 11 is 7.22. The number of rotatable bonds is 2. The highest BCUT2D eigenvalue weighted by molar-refractivity contribution is 7.17. The van der Waals surface area contributed by atoms with Gasteiger partial charge >= 0.3 is 0 Å². The highest BCUT2D eigenvalue weighted by Gasteiger charge is 2.33. The van der Waals surface area contributed by atoms with Crippen LogP contribution in [0.2, 0.25) is 4.34 Å². The summed E-state index contributed by atoms with van der Waals surface area (Å²) in [4.78, 5) is 17.3. The van der Waals surface area contributed by atoms with Gasteiger partial charge in [0.1, 0.15) is 0 Å². The Balaban J connectivity index is 1.57. The third-order valence-corrected chi connectivity index (χ3v) is 5.52. The topological polar surface area (TPSA) is 43.8 Å². The van der Waals surface area contributed by atoms with Crippen molar-refractivity contribution >= 4 is 28.8 Å². The molecule has 3 rings (SSSR count). The second-order valence-corrected chi connectivity index (χ2v) is 7.21. The molecule has 20 heavy (non-hydrogen) atoms. The number of aliphatic hydroxyl groups is 1. The second kappa shape index (κ2) is 6.02. The van der Waals surface area contributed by atoms with E-state index in [-0.39, 0.29) is 12.0 Å². The fourth-order valence-corrected chi connectivity index (χ4v) is 4.20. The summed E-state index contributed by atoms with van der Waals surface area (Å²) in [5.41, 5.74) is 0. The Labute approximate surface area is 127 Å². The number of amides is 1. The molecule has 0 spiro atoms. The first-order valence-corrected chi connectivity index (χ1v) is 8.31. The van der Waals surface area contributed by atoms with Crippen molar-refractivity contribution in [2.45, 2.75) is 31.4 Å². The van der Waals surface area contributed by atoms with E-state index in [0.29, 0.717) is 15.3 Å². The Kier molecular flexibility index (Phi) is 4.31. The third kappa shape index (κ3) is 2.86. The minimum absolute atomic E-state index is 0.0773. The zero-order chi connectivity index (χ0) is 14.1. The number of carbonyl (C=O) groups is 1. The molecular weight excluding hydrogens is 296 g/mol. The van der Waals surface area contributed by atoms with Crippen molar-refractivity contribution in [2.75, 3.05) is 26.2 Å². The molecule has 1 saturated heterocycles. The molecule has 0 bridgehead atoms. The molecule has 4 nitrogen and oxygen atoms in total. The largest absolute Gasteiger partial charge is 0.391 e. The molecule has 110 valence electrons. The number of hydrogen-bond acceptors (Lipinski definition) is 4. The summed E-state index contributed by atoms with van der Waals surface area (Å²) in [5, 5.41) is 9.96. The number of thiophene rings is 1. The van der Waals surface area contributed by atoms with Crippen molar-refractivity contribution in [3.05, 3.63) is 21.3 Å². The van der Waals surface area contributed by atoms with Gasteiger partial charge in [-0.05, 0) is 31.4 Å². The van der Waals surface area contributed by atoms with Crippen molar-refractivity contribution in [2.24, 2.45) is 0 Å². The van der Waals surface area contributed by atoms with Crippen LogP contribution in [0.1, 0.15) is 28.9 Å². The first-order valence-electron chi connectivity index (χ1n) is 7.12. The first kappa shape index (κ1) is 14.3. The van der Waals surface area contributed by atoms with Gasteiger partial charge in [-0.15, -0.1) is 11.3 Å². The van der Waals surface area contributed by atoms with Crippen molar-refractivity contribution in [3.8, 4) is 0 Å². The van der Waals surface area contributed by atoms with Gasteiger partial charge in [-0.25, -0.2) is 0 Å². The van der Waals surface area contributed by atoms with E-state index in [1.807, 2.05) is 4.90 Å². The van der Waals surface area contributed by atoms with Crippen LogP contribution < -0.4 is 0 Å². The predicted molar refractivity (Wildman–Crippen MR) is 80.5 cm³/mol. The molecule has 1 aliphatic carbocycles. The summed E-state index contributed by atoms with van der Waals surface area (Å²) in [6, 6.07) is 3.86. The van der Waals surface area contributed by atoms with Gasteiger partial charge in [-0.1, -0.05) is 11.6 Å². The lowest BCUT2D eigenvalue weighted by atomic mass is 10.1. The van der Waals surface area contributed by atoms with Gasteiger partial charge in [0.15, 0.2) is 0 Å². The van der Waals surface area contributed by atoms with Crippen LogP contribution in [0.15, 0.2) is 12.1 Å². The molecule has 0 aromatic carbocycles. The summed E-state index contributed by atoms with van der Waals surface area (Å²) in [6.45, 7) is 3.17. The van der Waals surface area contributed by atoms with Gasteiger partial charge in [0.2, 0.25) is 0 Å². The molecule has 1 aliphatic heterocycles. The lowest BCUT2D eigenvalue weighted by Gasteiger charge is -2.38. The Bertz CT molecular complexity index is 485. The summed E-state index contributed by atoms with van der Waals surface area (Å²) in [7, 11) is 0. The Hall–Kier alpha value is -0.620. The van der Waals surface area contributed by atoms with E-state index in [2.05, 4.69) is 4.90 Å². The molecule has 1 aromatic rings. The quantitative estimate of drug-likeness (QED) is 0.909. The highest BCUT2D eigenvalue weighted by Crippen LogP contribution is 2.26. The maximum absolute atomic E-state index is 12.3. The number of carbonyl (C=O) groups excluding carboxylic acids is 1. The van der Waals surface area contributed by atoms with Crippen LogP contribution in [-0.2, 0) is 0 Å². The van der Waals surface area contributed by atoms with E-state index < -0.39 is 0 Å². The van der Waals surface area contributed by atoms with Crippen LogP contribution >= 0.6 is 22.9 Å². The predicted octanol–water partition coefficient (Wildman–Crippen LogP) is 2.07. The van der Waals surface area contributed by atoms with Crippen molar-refractivity contribution in [1.29, 1.82) is 0 Å². The van der Waals surface area contributed by atoms with Gasteiger partial charge in [-0.2, -0.15) is 0 Å². The summed E-state index contributed by atoms with van der Waals surface area (Å²) in [6.07, 6.45) is 2.92. The van der Waals surface area contributed by atoms with E-state index in [9.17, 15) is 9.90 Å². The van der Waals surface area contributed by atoms with Crippen LogP contribution in [0.4, 0.5) is 0 Å². The minimum Gasteiger partial charge on any atom is -0.391 e. The van der Waals surface area contributed by atoms with Crippen LogP contribution in [0.3, 0.4) is 0 Å². The molecule has 1 amide bonds. The Morgan fingerprint density at radius 3 is 2.55 bits per heavy atom. The molecule has 0 radical (unpaired) electrons. The number of aliphatic hydroxyl groups excluding tert-OH is 1. The van der Waals surface area contributed by atoms with E-state index in [4.69, 9.17) is 11.6 Å². The molecule has 1 N–H and O–H groups in total. The fraction of sp³-hybridized carbons (Fsp3) is 0.643. The highest BCUT2D eigenvalue weighted by atomic mass is 35.5. The van der Waals surface area contributed by atoms with Gasteiger partial charge < -0.3 is 10.0 Å². The van der Waals surface area contributed by atoms with Crippen molar-refractivity contribution in [3.63, 3.8) is 0 Å². The standard InChI is InChI=1S/C14H19ClN2O2S/c15-13-5-4-12(20-13)14(19)17-8-6-16(7-9-17)10-2-1-3-11(10)18/h4-5,10-11,18H,1-3,6-9H2. The van der Waals surface area contributed by atoms with Crippen molar-refractivity contribution < 1.29 is 9.90 Å².